The minimum atomic E-state index is -0.356. The molecule has 4 heteroatoms. The maximum Gasteiger partial charge on any atom is 0.232 e. The molecule has 16 heavy (non-hydrogen) atoms. The zero-order valence-electron chi connectivity index (χ0n) is 11.2. The van der Waals surface area contributed by atoms with Crippen molar-refractivity contribution in [1.82, 2.24) is 4.90 Å². The number of nitrogens with two attached hydrogens (primary N) is 1. The molecule has 0 fully saturated rings. The van der Waals surface area contributed by atoms with Gasteiger partial charge in [-0.05, 0) is 26.2 Å². The van der Waals surface area contributed by atoms with Crippen molar-refractivity contribution in [2.45, 2.75) is 46.6 Å². The molecule has 0 saturated carbocycles. The van der Waals surface area contributed by atoms with Crippen LogP contribution in [0.4, 0.5) is 0 Å². The maximum atomic E-state index is 12.3. The molecule has 1 atom stereocenters. The fourth-order valence-corrected chi connectivity index (χ4v) is 1.85. The molecule has 2 N–H and O–H groups in total. The molecule has 0 aromatic carbocycles. The second-order valence-corrected chi connectivity index (χ2v) is 5.66. The van der Waals surface area contributed by atoms with Crippen LogP contribution in [0.3, 0.4) is 0 Å². The Hall–Kier alpha value is -0.640. The third-order valence-corrected chi connectivity index (χ3v) is 3.60. The van der Waals surface area contributed by atoms with Crippen molar-refractivity contribution in [2.75, 3.05) is 7.05 Å². The number of nitrogens with zero attached hydrogens (tertiary/aromatic N) is 1. The molecule has 1 amide bonds. The molecule has 94 valence electrons. The Labute approximate surface area is 104 Å². The second-order valence-electron chi connectivity index (χ2n) is 5.19. The Bertz CT molecular complexity index is 274. The summed E-state index contributed by atoms with van der Waals surface area (Å²) in [4.78, 5) is 14.3. The fourth-order valence-electron chi connectivity index (χ4n) is 1.48. The summed E-state index contributed by atoms with van der Waals surface area (Å²) >= 11 is 4.98. The third-order valence-electron chi connectivity index (χ3n) is 3.34. The minimum Gasteiger partial charge on any atom is -0.393 e. The highest BCUT2D eigenvalue weighted by Gasteiger charge is 2.33. The van der Waals surface area contributed by atoms with Crippen molar-refractivity contribution in [3.63, 3.8) is 0 Å². The maximum absolute atomic E-state index is 12.3. The van der Waals surface area contributed by atoms with Gasteiger partial charge in [-0.2, -0.15) is 0 Å². The summed E-state index contributed by atoms with van der Waals surface area (Å²) in [5.74, 6) is -0.194. The molecule has 0 saturated heterocycles. The van der Waals surface area contributed by atoms with Crippen molar-refractivity contribution >= 4 is 23.1 Å². The number of rotatable bonds is 5. The van der Waals surface area contributed by atoms with E-state index in [4.69, 9.17) is 18.0 Å². The predicted octanol–water partition coefficient (Wildman–Crippen LogP) is 2.19. The van der Waals surface area contributed by atoms with E-state index in [-0.39, 0.29) is 23.3 Å². The van der Waals surface area contributed by atoms with Gasteiger partial charge in [-0.25, -0.2) is 0 Å². The number of thiocarbonyl (C=S) groups is 1. The molecular weight excluding hydrogens is 220 g/mol. The van der Waals surface area contributed by atoms with Crippen LogP contribution in [-0.2, 0) is 4.79 Å². The van der Waals surface area contributed by atoms with Crippen LogP contribution < -0.4 is 5.73 Å². The van der Waals surface area contributed by atoms with Gasteiger partial charge >= 0.3 is 0 Å². The van der Waals surface area contributed by atoms with E-state index in [1.165, 1.54) is 0 Å². The summed E-state index contributed by atoms with van der Waals surface area (Å²) in [6.45, 7) is 10.1. The van der Waals surface area contributed by atoms with Gasteiger partial charge in [0.1, 0.15) is 0 Å². The van der Waals surface area contributed by atoms with Gasteiger partial charge in [0, 0.05) is 12.6 Å². The smallest absolute Gasteiger partial charge is 0.232 e. The highest BCUT2D eigenvalue weighted by atomic mass is 32.1. The van der Waals surface area contributed by atoms with Crippen molar-refractivity contribution in [1.29, 1.82) is 0 Å². The monoisotopic (exact) mass is 244 g/mol. The van der Waals surface area contributed by atoms with E-state index in [9.17, 15) is 4.79 Å². The van der Waals surface area contributed by atoms with Crippen LogP contribution in [0, 0.1) is 11.8 Å². The average Bonchev–Trinajstić information content (AvgIpc) is 2.15. The van der Waals surface area contributed by atoms with Crippen molar-refractivity contribution in [3.8, 4) is 0 Å². The van der Waals surface area contributed by atoms with Gasteiger partial charge < -0.3 is 10.6 Å². The first kappa shape index (κ1) is 15.4. The van der Waals surface area contributed by atoms with E-state index in [1.54, 1.807) is 4.90 Å². The molecule has 0 heterocycles. The highest BCUT2D eigenvalue weighted by Crippen LogP contribution is 2.22. The standard InChI is InChI=1S/C12H24N2OS/c1-7-12(4,5)14(6)11(15)9(8(2)3)10(13)16/h8-9H,7H2,1-6H3,(H2,13,16). The molecule has 0 aliphatic rings. The first-order valence-corrected chi connectivity index (χ1v) is 6.13. The molecule has 0 rings (SSSR count). The molecular formula is C12H24N2OS. The van der Waals surface area contributed by atoms with Gasteiger partial charge in [0.05, 0.1) is 10.9 Å². The summed E-state index contributed by atoms with van der Waals surface area (Å²) in [7, 11) is 1.82. The fraction of sp³-hybridized carbons (Fsp3) is 0.833. The first-order chi connectivity index (χ1) is 7.15. The molecule has 0 bridgehead atoms. The lowest BCUT2D eigenvalue weighted by Crippen LogP contribution is -2.50. The van der Waals surface area contributed by atoms with Gasteiger partial charge in [-0.15, -0.1) is 0 Å². The Morgan fingerprint density at radius 2 is 1.88 bits per heavy atom. The highest BCUT2D eigenvalue weighted by molar-refractivity contribution is 7.80. The van der Waals surface area contributed by atoms with E-state index < -0.39 is 0 Å². The largest absolute Gasteiger partial charge is 0.393 e. The van der Waals surface area contributed by atoms with Crippen LogP contribution in [0.2, 0.25) is 0 Å². The zero-order valence-corrected chi connectivity index (χ0v) is 12.0. The number of amides is 1. The summed E-state index contributed by atoms with van der Waals surface area (Å²) in [5, 5.41) is 0. The Balaban J connectivity index is 4.96. The lowest BCUT2D eigenvalue weighted by atomic mass is 9.91. The molecule has 0 aromatic rings. The van der Waals surface area contributed by atoms with Gasteiger partial charge in [0.25, 0.3) is 0 Å². The Morgan fingerprint density at radius 3 is 2.12 bits per heavy atom. The third kappa shape index (κ3) is 3.44. The van der Waals surface area contributed by atoms with Gasteiger partial charge in [-0.1, -0.05) is 33.0 Å². The van der Waals surface area contributed by atoms with Crippen molar-refractivity contribution in [3.05, 3.63) is 0 Å². The van der Waals surface area contributed by atoms with Crippen LogP contribution in [0.25, 0.3) is 0 Å². The summed E-state index contributed by atoms with van der Waals surface area (Å²) in [5.41, 5.74) is 5.49. The minimum absolute atomic E-state index is 0.0225. The summed E-state index contributed by atoms with van der Waals surface area (Å²) < 4.78 is 0. The van der Waals surface area contributed by atoms with Crippen molar-refractivity contribution < 1.29 is 4.79 Å². The molecule has 0 aliphatic carbocycles. The topological polar surface area (TPSA) is 46.3 Å². The van der Waals surface area contributed by atoms with Crippen LogP contribution in [0.5, 0.6) is 0 Å². The average molecular weight is 244 g/mol. The molecule has 0 aliphatic heterocycles. The molecule has 0 radical (unpaired) electrons. The molecule has 3 nitrogen and oxygen atoms in total. The molecule has 0 spiro atoms. The normalized spacial score (nSPS) is 13.7. The van der Waals surface area contributed by atoms with Gasteiger partial charge in [-0.3, -0.25) is 4.79 Å². The zero-order chi connectivity index (χ0) is 13.1. The van der Waals surface area contributed by atoms with E-state index >= 15 is 0 Å². The van der Waals surface area contributed by atoms with Gasteiger partial charge in [0.15, 0.2) is 0 Å². The number of carbonyl (C=O) groups is 1. The first-order valence-electron chi connectivity index (χ1n) is 5.72. The van der Waals surface area contributed by atoms with Crippen LogP contribution in [0.15, 0.2) is 0 Å². The SMILES string of the molecule is CCC(C)(C)N(C)C(=O)C(C(N)=S)C(C)C. The Morgan fingerprint density at radius 1 is 1.44 bits per heavy atom. The quantitative estimate of drug-likeness (QED) is 0.754. The second kappa shape index (κ2) is 5.62. The van der Waals surface area contributed by atoms with Crippen LogP contribution >= 0.6 is 12.2 Å². The van der Waals surface area contributed by atoms with E-state index in [0.717, 1.165) is 6.42 Å². The van der Waals surface area contributed by atoms with Crippen molar-refractivity contribution in [2.24, 2.45) is 17.6 Å². The molecule has 1 unspecified atom stereocenters. The number of hydrogen-bond acceptors (Lipinski definition) is 2. The lowest BCUT2D eigenvalue weighted by Gasteiger charge is -2.37. The van der Waals surface area contributed by atoms with E-state index in [0.29, 0.717) is 4.99 Å². The predicted molar refractivity (Wildman–Crippen MR) is 72.3 cm³/mol. The summed E-state index contributed by atoms with van der Waals surface area (Å²) in [6, 6.07) is 0. The Kier molecular flexibility index (Phi) is 5.39. The van der Waals surface area contributed by atoms with E-state index in [2.05, 4.69) is 6.92 Å². The molecule has 0 aromatic heterocycles. The van der Waals surface area contributed by atoms with Crippen LogP contribution in [0.1, 0.15) is 41.0 Å². The van der Waals surface area contributed by atoms with E-state index in [1.807, 2.05) is 34.7 Å². The lowest BCUT2D eigenvalue weighted by molar-refractivity contribution is -0.138. The number of hydrogen-bond donors (Lipinski definition) is 1. The van der Waals surface area contributed by atoms with Gasteiger partial charge in [0.2, 0.25) is 5.91 Å². The number of carbonyl (C=O) groups excluding carboxylic acids is 1. The van der Waals surface area contributed by atoms with Crippen LogP contribution in [-0.4, -0.2) is 28.4 Å². The summed E-state index contributed by atoms with van der Waals surface area (Å²) in [6.07, 6.45) is 0.900.